The number of thioether (sulfide) groups is 1. The van der Waals surface area contributed by atoms with Crippen LogP contribution in [-0.4, -0.2) is 58.3 Å². The Labute approximate surface area is 171 Å². The van der Waals surface area contributed by atoms with Crippen molar-refractivity contribution in [3.8, 4) is 0 Å². The second-order valence-corrected chi connectivity index (χ2v) is 7.26. The fourth-order valence-corrected chi connectivity index (χ4v) is 3.39. The van der Waals surface area contributed by atoms with Crippen molar-refractivity contribution in [3.05, 3.63) is 34.9 Å². The molecule has 0 radical (unpaired) electrons. The van der Waals surface area contributed by atoms with E-state index in [1.54, 1.807) is 12.1 Å². The summed E-state index contributed by atoms with van der Waals surface area (Å²) in [4.78, 5) is 45.6. The van der Waals surface area contributed by atoms with Gasteiger partial charge in [-0.2, -0.15) is 11.8 Å². The van der Waals surface area contributed by atoms with Crippen LogP contribution in [0.3, 0.4) is 0 Å². The highest BCUT2D eigenvalue weighted by atomic mass is 35.5. The molecular weight excluding hydrogens is 410 g/mol. The molecule has 0 aromatic heterocycles. The van der Waals surface area contributed by atoms with Crippen LogP contribution in [0.4, 0.5) is 0 Å². The Bertz CT molecular complexity index is 718. The first-order valence-electron chi connectivity index (χ1n) is 8.29. The molecule has 2 atom stereocenters. The molecule has 0 fully saturated rings. The number of nitrogens with one attached hydrogen (secondary N) is 2. The number of carbonyl (C=O) groups is 4. The van der Waals surface area contributed by atoms with Gasteiger partial charge in [-0.25, -0.2) is 0 Å². The van der Waals surface area contributed by atoms with Crippen LogP contribution in [0.1, 0.15) is 18.4 Å². The predicted molar refractivity (Wildman–Crippen MR) is 105 cm³/mol. The third-order valence-corrected chi connectivity index (χ3v) is 5.02. The van der Waals surface area contributed by atoms with Crippen molar-refractivity contribution in [2.75, 3.05) is 12.3 Å². The van der Waals surface area contributed by atoms with Gasteiger partial charge in [-0.3, -0.25) is 19.2 Å². The van der Waals surface area contributed by atoms with E-state index in [0.29, 0.717) is 10.8 Å². The molecule has 11 heteroatoms. The number of hydrogen-bond donors (Lipinski definition) is 5. The summed E-state index contributed by atoms with van der Waals surface area (Å²) in [6.07, 6.45) is -0.261. The third-order valence-electron chi connectivity index (χ3n) is 3.57. The quantitative estimate of drug-likeness (QED) is 0.319. The zero-order chi connectivity index (χ0) is 21.1. The molecule has 0 saturated heterocycles. The zero-order valence-electron chi connectivity index (χ0n) is 14.9. The fourth-order valence-electron chi connectivity index (χ4n) is 2.05. The number of nitrogens with two attached hydrogens (primary N) is 1. The van der Waals surface area contributed by atoms with E-state index in [9.17, 15) is 19.2 Å². The molecule has 154 valence electrons. The minimum atomic E-state index is -1.22. The number of halogens is 1. The lowest BCUT2D eigenvalue weighted by atomic mass is 10.1. The molecular formula is C17H22ClN3O6S. The van der Waals surface area contributed by atoms with Gasteiger partial charge in [0.15, 0.2) is 0 Å². The van der Waals surface area contributed by atoms with E-state index in [4.69, 9.17) is 27.5 Å². The van der Waals surface area contributed by atoms with Crippen LogP contribution in [0.5, 0.6) is 0 Å². The van der Waals surface area contributed by atoms with E-state index in [0.717, 1.165) is 5.56 Å². The Morgan fingerprint density at radius 2 is 1.86 bits per heavy atom. The molecule has 0 bridgehead atoms. The van der Waals surface area contributed by atoms with Gasteiger partial charge in [0.1, 0.15) is 18.6 Å². The van der Waals surface area contributed by atoms with Crippen molar-refractivity contribution >= 4 is 47.1 Å². The van der Waals surface area contributed by atoms with Crippen LogP contribution in [0.2, 0.25) is 5.02 Å². The molecule has 1 aromatic rings. The number of benzene rings is 1. The SMILES string of the molecule is NC(CCC(=O)NC(CSCc1ccccc1Cl)C(=O)NCC(=O)O)C(=O)O. The smallest absolute Gasteiger partial charge is 0.322 e. The summed E-state index contributed by atoms with van der Waals surface area (Å²) < 4.78 is 0. The molecule has 0 aliphatic carbocycles. The Morgan fingerprint density at radius 1 is 1.18 bits per heavy atom. The maximum Gasteiger partial charge on any atom is 0.322 e. The number of rotatable bonds is 12. The lowest BCUT2D eigenvalue weighted by molar-refractivity contribution is -0.139. The second-order valence-electron chi connectivity index (χ2n) is 5.82. The number of aliphatic carboxylic acids is 2. The van der Waals surface area contributed by atoms with Crippen LogP contribution in [0.25, 0.3) is 0 Å². The topological polar surface area (TPSA) is 159 Å². The highest BCUT2D eigenvalue weighted by molar-refractivity contribution is 7.98. The number of carbonyl (C=O) groups excluding carboxylic acids is 2. The Kier molecular flexibility index (Phi) is 10.4. The summed E-state index contributed by atoms with van der Waals surface area (Å²) in [7, 11) is 0. The summed E-state index contributed by atoms with van der Waals surface area (Å²) in [5.74, 6) is -2.97. The Morgan fingerprint density at radius 3 is 2.46 bits per heavy atom. The summed E-state index contributed by atoms with van der Waals surface area (Å²) in [5, 5.41) is 22.7. The first kappa shape index (κ1) is 23.7. The monoisotopic (exact) mass is 431 g/mol. The minimum absolute atomic E-state index is 0.0859. The van der Waals surface area contributed by atoms with E-state index in [1.807, 2.05) is 12.1 Å². The average Bonchev–Trinajstić information content (AvgIpc) is 2.64. The summed E-state index contributed by atoms with van der Waals surface area (Å²) in [5.41, 5.74) is 6.21. The summed E-state index contributed by atoms with van der Waals surface area (Å²) in [6, 6.07) is 5.02. The molecule has 0 saturated carbocycles. The molecule has 1 aromatic carbocycles. The van der Waals surface area contributed by atoms with Crippen molar-refractivity contribution in [2.24, 2.45) is 5.73 Å². The normalized spacial score (nSPS) is 12.6. The van der Waals surface area contributed by atoms with Crippen LogP contribution >= 0.6 is 23.4 Å². The molecule has 0 heterocycles. The van der Waals surface area contributed by atoms with Crippen molar-refractivity contribution in [1.82, 2.24) is 10.6 Å². The zero-order valence-corrected chi connectivity index (χ0v) is 16.5. The molecule has 2 unspecified atom stereocenters. The molecule has 0 spiro atoms. The van der Waals surface area contributed by atoms with Crippen molar-refractivity contribution < 1.29 is 29.4 Å². The number of amides is 2. The van der Waals surface area contributed by atoms with Gasteiger partial charge in [-0.05, 0) is 18.1 Å². The van der Waals surface area contributed by atoms with Crippen molar-refractivity contribution in [3.63, 3.8) is 0 Å². The van der Waals surface area contributed by atoms with Gasteiger partial charge in [0.05, 0.1) is 0 Å². The van der Waals surface area contributed by atoms with Gasteiger partial charge < -0.3 is 26.6 Å². The second kappa shape index (κ2) is 12.2. The van der Waals surface area contributed by atoms with E-state index >= 15 is 0 Å². The Hall–Kier alpha value is -2.30. The van der Waals surface area contributed by atoms with E-state index in [-0.39, 0.29) is 18.6 Å². The van der Waals surface area contributed by atoms with Crippen LogP contribution in [0.15, 0.2) is 24.3 Å². The van der Waals surface area contributed by atoms with Crippen molar-refractivity contribution in [2.45, 2.75) is 30.7 Å². The highest BCUT2D eigenvalue weighted by Gasteiger charge is 2.22. The highest BCUT2D eigenvalue weighted by Crippen LogP contribution is 2.21. The lowest BCUT2D eigenvalue weighted by Crippen LogP contribution is -2.49. The maximum atomic E-state index is 12.2. The van der Waals surface area contributed by atoms with Gasteiger partial charge in [-0.15, -0.1) is 0 Å². The molecule has 9 nitrogen and oxygen atoms in total. The Balaban J connectivity index is 2.63. The van der Waals surface area contributed by atoms with Crippen LogP contribution < -0.4 is 16.4 Å². The van der Waals surface area contributed by atoms with Gasteiger partial charge in [-0.1, -0.05) is 29.8 Å². The molecule has 0 aliphatic heterocycles. The van der Waals surface area contributed by atoms with Gasteiger partial charge in [0.25, 0.3) is 0 Å². The van der Waals surface area contributed by atoms with E-state index in [2.05, 4.69) is 10.6 Å². The minimum Gasteiger partial charge on any atom is -0.480 e. The molecule has 0 aliphatic rings. The summed E-state index contributed by atoms with van der Waals surface area (Å²) >= 11 is 7.42. The fraction of sp³-hybridized carbons (Fsp3) is 0.412. The number of hydrogen-bond acceptors (Lipinski definition) is 6. The largest absolute Gasteiger partial charge is 0.480 e. The lowest BCUT2D eigenvalue weighted by Gasteiger charge is -2.18. The van der Waals surface area contributed by atoms with Crippen LogP contribution in [0, 0.1) is 0 Å². The van der Waals surface area contributed by atoms with Gasteiger partial charge in [0, 0.05) is 22.9 Å². The molecule has 2 amide bonds. The third kappa shape index (κ3) is 9.07. The average molecular weight is 432 g/mol. The summed E-state index contributed by atoms with van der Waals surface area (Å²) in [6.45, 7) is -0.579. The number of carboxylic acid groups (broad SMARTS) is 2. The number of carboxylic acids is 2. The first-order chi connectivity index (χ1) is 13.2. The van der Waals surface area contributed by atoms with Gasteiger partial charge in [0.2, 0.25) is 11.8 Å². The van der Waals surface area contributed by atoms with Gasteiger partial charge >= 0.3 is 11.9 Å². The molecule has 28 heavy (non-hydrogen) atoms. The molecule has 1 rings (SSSR count). The van der Waals surface area contributed by atoms with Crippen molar-refractivity contribution in [1.29, 1.82) is 0 Å². The van der Waals surface area contributed by atoms with Crippen LogP contribution in [-0.2, 0) is 24.9 Å². The standard InChI is InChI=1S/C17H22ClN3O6S/c18-11-4-2-1-3-10(11)8-28-9-13(16(25)20-7-15(23)24)21-14(22)6-5-12(19)17(26)27/h1-4,12-13H,5-9,19H2,(H,20,25)(H,21,22)(H,23,24)(H,26,27). The van der Waals surface area contributed by atoms with E-state index in [1.165, 1.54) is 11.8 Å². The first-order valence-corrected chi connectivity index (χ1v) is 9.82. The van der Waals surface area contributed by atoms with E-state index < -0.39 is 42.4 Å². The maximum absolute atomic E-state index is 12.2. The molecule has 6 N–H and O–H groups in total. The predicted octanol–water partition coefficient (Wildman–Crippen LogP) is 0.451.